The van der Waals surface area contributed by atoms with Crippen molar-refractivity contribution in [1.29, 1.82) is 0 Å². The van der Waals surface area contributed by atoms with Gasteiger partial charge < -0.3 is 9.73 Å². The predicted molar refractivity (Wildman–Crippen MR) is 76.0 cm³/mol. The van der Waals surface area contributed by atoms with Crippen molar-refractivity contribution < 1.29 is 4.42 Å². The molecule has 88 valence electrons. The number of halogens is 1. The summed E-state index contributed by atoms with van der Waals surface area (Å²) in [5.41, 5.74) is 3.89. The molecule has 0 bridgehead atoms. The second-order valence-electron chi connectivity index (χ2n) is 4.43. The second kappa shape index (κ2) is 3.53. The molecule has 0 saturated heterocycles. The Bertz CT molecular complexity index is 801. The van der Waals surface area contributed by atoms with Crippen LogP contribution in [0.15, 0.2) is 46.9 Å². The van der Waals surface area contributed by atoms with E-state index in [0.29, 0.717) is 0 Å². The molecule has 0 fully saturated rings. The molecule has 4 rings (SSSR count). The number of fused-ring (bicyclic) bond motifs is 4. The third-order valence-corrected chi connectivity index (χ3v) is 3.71. The first kappa shape index (κ1) is 10.0. The van der Waals surface area contributed by atoms with Crippen LogP contribution < -0.4 is 5.32 Å². The fourth-order valence-corrected chi connectivity index (χ4v) is 2.71. The van der Waals surface area contributed by atoms with Gasteiger partial charge in [0.1, 0.15) is 11.2 Å². The Labute approximate surface area is 109 Å². The van der Waals surface area contributed by atoms with Gasteiger partial charge in [-0.3, -0.25) is 0 Å². The normalized spacial score (nSPS) is 14.4. The first-order valence-corrected chi connectivity index (χ1v) is 6.26. The lowest BCUT2D eigenvalue weighted by atomic mass is 10.0. The number of furan rings is 1. The molecule has 3 heteroatoms. The lowest BCUT2D eigenvalue weighted by Gasteiger charge is -2.15. The maximum Gasteiger partial charge on any atom is 0.137 e. The van der Waals surface area contributed by atoms with Gasteiger partial charge >= 0.3 is 0 Å². The van der Waals surface area contributed by atoms with Gasteiger partial charge in [-0.15, -0.1) is 0 Å². The van der Waals surface area contributed by atoms with E-state index < -0.39 is 0 Å². The Hall–Kier alpha value is -1.93. The van der Waals surface area contributed by atoms with Crippen molar-refractivity contribution in [2.45, 2.75) is 0 Å². The molecule has 1 aromatic heterocycles. The Balaban J connectivity index is 2.15. The molecule has 1 aliphatic rings. The van der Waals surface area contributed by atoms with Crippen LogP contribution >= 0.6 is 11.6 Å². The van der Waals surface area contributed by atoms with Crippen molar-refractivity contribution in [3.8, 4) is 0 Å². The van der Waals surface area contributed by atoms with Crippen LogP contribution in [-0.4, -0.2) is 6.54 Å². The van der Waals surface area contributed by atoms with Gasteiger partial charge in [-0.2, -0.15) is 0 Å². The van der Waals surface area contributed by atoms with Crippen molar-refractivity contribution in [2.24, 2.45) is 0 Å². The molecule has 0 unspecified atom stereocenters. The summed E-state index contributed by atoms with van der Waals surface area (Å²) in [7, 11) is 0. The third-order valence-electron chi connectivity index (χ3n) is 3.35. The minimum atomic E-state index is 0.761. The standard InChI is InChI=1S/C15H10ClNO/c16-12-5-6-17-13-8-15-10(7-11(12)13)9-3-1-2-4-14(9)18-15/h1-5,7-8,17H,6H2. The molecule has 18 heavy (non-hydrogen) atoms. The molecule has 2 nitrogen and oxygen atoms in total. The minimum absolute atomic E-state index is 0.761. The maximum absolute atomic E-state index is 6.26. The molecule has 1 aliphatic heterocycles. The second-order valence-corrected chi connectivity index (χ2v) is 4.83. The van der Waals surface area contributed by atoms with E-state index in [2.05, 4.69) is 17.4 Å². The van der Waals surface area contributed by atoms with Gasteiger partial charge in [0.05, 0.1) is 0 Å². The average Bonchev–Trinajstić information content (AvgIpc) is 2.75. The first-order valence-electron chi connectivity index (χ1n) is 5.88. The average molecular weight is 256 g/mol. The highest BCUT2D eigenvalue weighted by atomic mass is 35.5. The third kappa shape index (κ3) is 1.30. The van der Waals surface area contributed by atoms with Crippen LogP contribution in [-0.2, 0) is 0 Å². The molecule has 0 aliphatic carbocycles. The van der Waals surface area contributed by atoms with E-state index in [1.54, 1.807) is 0 Å². The Kier molecular flexibility index (Phi) is 1.97. The fraction of sp³-hybridized carbons (Fsp3) is 0.0667. The lowest BCUT2D eigenvalue weighted by Crippen LogP contribution is -2.05. The fourth-order valence-electron chi connectivity index (χ4n) is 2.48. The lowest BCUT2D eigenvalue weighted by molar-refractivity contribution is 0.669. The van der Waals surface area contributed by atoms with Gasteiger partial charge in [0.15, 0.2) is 0 Å². The summed E-state index contributed by atoms with van der Waals surface area (Å²) < 4.78 is 5.85. The van der Waals surface area contributed by atoms with E-state index in [0.717, 1.165) is 44.8 Å². The highest BCUT2D eigenvalue weighted by Gasteiger charge is 2.15. The predicted octanol–water partition coefficient (Wildman–Crippen LogP) is 4.59. The van der Waals surface area contributed by atoms with Gasteiger partial charge in [-0.25, -0.2) is 0 Å². The molecule has 3 aromatic rings. The Morgan fingerprint density at radius 2 is 1.94 bits per heavy atom. The van der Waals surface area contributed by atoms with Crippen molar-refractivity contribution in [1.82, 2.24) is 0 Å². The van der Waals surface area contributed by atoms with Crippen LogP contribution in [0, 0.1) is 0 Å². The summed E-state index contributed by atoms with van der Waals surface area (Å²) in [6.07, 6.45) is 1.98. The van der Waals surface area contributed by atoms with Crippen LogP contribution in [0.2, 0.25) is 0 Å². The van der Waals surface area contributed by atoms with E-state index in [9.17, 15) is 0 Å². The zero-order chi connectivity index (χ0) is 12.1. The van der Waals surface area contributed by atoms with E-state index in [1.165, 1.54) is 0 Å². The number of hydrogen-bond acceptors (Lipinski definition) is 2. The largest absolute Gasteiger partial charge is 0.456 e. The summed E-state index contributed by atoms with van der Waals surface area (Å²) >= 11 is 6.26. The molecule has 2 heterocycles. The summed E-state index contributed by atoms with van der Waals surface area (Å²) in [5, 5.41) is 6.35. The van der Waals surface area contributed by atoms with E-state index in [4.69, 9.17) is 16.0 Å². The first-order chi connectivity index (χ1) is 8.83. The van der Waals surface area contributed by atoms with E-state index in [-0.39, 0.29) is 0 Å². The van der Waals surface area contributed by atoms with Gasteiger partial charge in [0, 0.05) is 39.7 Å². The van der Waals surface area contributed by atoms with Gasteiger partial charge in [-0.05, 0) is 18.2 Å². The topological polar surface area (TPSA) is 25.2 Å². The number of anilines is 1. The van der Waals surface area contributed by atoms with Gasteiger partial charge in [-0.1, -0.05) is 29.8 Å². The summed E-state index contributed by atoms with van der Waals surface area (Å²) in [6, 6.07) is 12.2. The summed E-state index contributed by atoms with van der Waals surface area (Å²) in [4.78, 5) is 0. The van der Waals surface area contributed by atoms with Crippen LogP contribution in [0.4, 0.5) is 5.69 Å². The zero-order valence-electron chi connectivity index (χ0n) is 9.53. The van der Waals surface area contributed by atoms with Crippen LogP contribution in [0.5, 0.6) is 0 Å². The van der Waals surface area contributed by atoms with Crippen LogP contribution in [0.25, 0.3) is 27.0 Å². The van der Waals surface area contributed by atoms with Crippen LogP contribution in [0.3, 0.4) is 0 Å². The number of hydrogen-bond donors (Lipinski definition) is 1. The number of benzene rings is 2. The molecule has 1 N–H and O–H groups in total. The van der Waals surface area contributed by atoms with Crippen molar-refractivity contribution in [2.75, 3.05) is 11.9 Å². The molecular weight excluding hydrogens is 246 g/mol. The quantitative estimate of drug-likeness (QED) is 0.635. The SMILES string of the molecule is ClC1=CCNc2cc3oc4ccccc4c3cc21. The number of nitrogens with one attached hydrogen (secondary N) is 1. The zero-order valence-corrected chi connectivity index (χ0v) is 10.3. The summed E-state index contributed by atoms with van der Waals surface area (Å²) in [6.45, 7) is 0.761. The number of para-hydroxylation sites is 1. The maximum atomic E-state index is 6.26. The van der Waals surface area contributed by atoms with Crippen molar-refractivity contribution >= 4 is 44.3 Å². The van der Waals surface area contributed by atoms with Crippen molar-refractivity contribution in [3.63, 3.8) is 0 Å². The van der Waals surface area contributed by atoms with Gasteiger partial charge in [0.25, 0.3) is 0 Å². The molecule has 0 spiro atoms. The molecule has 0 saturated carbocycles. The van der Waals surface area contributed by atoms with Crippen molar-refractivity contribution in [3.05, 3.63) is 48.0 Å². The smallest absolute Gasteiger partial charge is 0.137 e. The Morgan fingerprint density at radius 3 is 2.89 bits per heavy atom. The monoisotopic (exact) mass is 255 g/mol. The Morgan fingerprint density at radius 1 is 1.06 bits per heavy atom. The number of rotatable bonds is 0. The minimum Gasteiger partial charge on any atom is -0.456 e. The van der Waals surface area contributed by atoms with E-state index in [1.807, 2.05) is 30.3 Å². The van der Waals surface area contributed by atoms with E-state index >= 15 is 0 Å². The highest BCUT2D eigenvalue weighted by Crippen LogP contribution is 2.37. The highest BCUT2D eigenvalue weighted by molar-refractivity contribution is 6.49. The van der Waals surface area contributed by atoms with Gasteiger partial charge in [0.2, 0.25) is 0 Å². The molecule has 0 atom stereocenters. The molecule has 0 radical (unpaired) electrons. The summed E-state index contributed by atoms with van der Waals surface area (Å²) in [5.74, 6) is 0. The van der Waals surface area contributed by atoms with Crippen LogP contribution in [0.1, 0.15) is 5.56 Å². The molecule has 0 amide bonds. The molecular formula is C15H10ClNO. The molecule has 2 aromatic carbocycles.